The highest BCUT2D eigenvalue weighted by Crippen LogP contribution is 2.26. The minimum absolute atomic E-state index is 0.0923. The second-order valence-electron chi connectivity index (χ2n) is 4.25. The molecule has 3 heteroatoms. The lowest BCUT2D eigenvalue weighted by molar-refractivity contribution is 0.620. The Morgan fingerprint density at radius 1 is 1.31 bits per heavy atom. The third-order valence-electron chi connectivity index (χ3n) is 3.05. The molecule has 0 amide bonds. The van der Waals surface area contributed by atoms with Gasteiger partial charge in [-0.05, 0) is 31.0 Å². The summed E-state index contributed by atoms with van der Waals surface area (Å²) >= 11 is 0. The molecule has 0 unspecified atom stereocenters. The summed E-state index contributed by atoms with van der Waals surface area (Å²) in [5, 5.41) is 1.26. The zero-order valence-corrected chi connectivity index (χ0v) is 9.69. The Labute approximate surface area is 96.0 Å². The molecule has 4 N–H and O–H groups in total. The fourth-order valence-corrected chi connectivity index (χ4v) is 2.16. The Bertz CT molecular complexity index is 473. The third kappa shape index (κ3) is 1.96. The predicted octanol–water partition coefficient (Wildman–Crippen LogP) is 1.92. The van der Waals surface area contributed by atoms with Crippen molar-refractivity contribution >= 4 is 10.9 Å². The first-order chi connectivity index (χ1) is 7.74. The van der Waals surface area contributed by atoms with Crippen LogP contribution in [0.5, 0.6) is 0 Å². The van der Waals surface area contributed by atoms with Crippen molar-refractivity contribution in [2.75, 3.05) is 6.54 Å². The molecule has 0 fully saturated rings. The van der Waals surface area contributed by atoms with E-state index in [4.69, 9.17) is 11.5 Å². The molecule has 0 aliphatic rings. The van der Waals surface area contributed by atoms with Crippen LogP contribution < -0.4 is 11.5 Å². The lowest BCUT2D eigenvalue weighted by atomic mass is 10.0. The van der Waals surface area contributed by atoms with Gasteiger partial charge in [0.05, 0.1) is 0 Å². The first kappa shape index (κ1) is 11.2. The van der Waals surface area contributed by atoms with E-state index in [1.54, 1.807) is 0 Å². The molecule has 2 aromatic rings. The predicted molar refractivity (Wildman–Crippen MR) is 68.1 cm³/mol. The summed E-state index contributed by atoms with van der Waals surface area (Å²) in [6.07, 6.45) is 4.06. The van der Waals surface area contributed by atoms with Crippen LogP contribution in [0.4, 0.5) is 0 Å². The van der Waals surface area contributed by atoms with Gasteiger partial charge in [-0.2, -0.15) is 0 Å². The molecule has 0 aliphatic heterocycles. The molecule has 86 valence electrons. The second kappa shape index (κ2) is 4.68. The Hall–Kier alpha value is -1.32. The van der Waals surface area contributed by atoms with Crippen molar-refractivity contribution in [3.05, 3.63) is 36.0 Å². The van der Waals surface area contributed by atoms with Gasteiger partial charge in [0.15, 0.2) is 0 Å². The third-order valence-corrected chi connectivity index (χ3v) is 3.05. The number of hydrogen-bond donors (Lipinski definition) is 2. The molecule has 0 saturated heterocycles. The SMILES string of the molecule is Cn1cc([C@H](N)CCCN)c2ccccc21. The summed E-state index contributed by atoms with van der Waals surface area (Å²) in [6, 6.07) is 8.45. The van der Waals surface area contributed by atoms with Crippen molar-refractivity contribution in [2.45, 2.75) is 18.9 Å². The quantitative estimate of drug-likeness (QED) is 0.822. The van der Waals surface area contributed by atoms with E-state index in [2.05, 4.69) is 42.1 Å². The molecule has 3 nitrogen and oxygen atoms in total. The maximum absolute atomic E-state index is 6.19. The number of nitrogens with two attached hydrogens (primary N) is 2. The largest absolute Gasteiger partial charge is 0.350 e. The summed E-state index contributed by atoms with van der Waals surface area (Å²) in [6.45, 7) is 0.707. The fourth-order valence-electron chi connectivity index (χ4n) is 2.16. The summed E-state index contributed by atoms with van der Waals surface area (Å²) in [5.74, 6) is 0. The number of aryl methyl sites for hydroxylation is 1. The fraction of sp³-hybridized carbons (Fsp3) is 0.385. The second-order valence-corrected chi connectivity index (χ2v) is 4.25. The zero-order chi connectivity index (χ0) is 11.5. The lowest BCUT2D eigenvalue weighted by Gasteiger charge is -2.09. The summed E-state index contributed by atoms with van der Waals surface area (Å²) in [4.78, 5) is 0. The normalized spacial score (nSPS) is 13.2. The molecule has 2 rings (SSSR count). The van der Waals surface area contributed by atoms with Crippen LogP contribution in [0.15, 0.2) is 30.5 Å². The molecule has 1 aromatic carbocycles. The van der Waals surface area contributed by atoms with E-state index in [9.17, 15) is 0 Å². The molecule has 1 atom stereocenters. The summed E-state index contributed by atoms with van der Waals surface area (Å²) in [5.41, 5.74) is 14.2. The number of nitrogens with zero attached hydrogens (tertiary/aromatic N) is 1. The number of para-hydroxylation sites is 1. The van der Waals surface area contributed by atoms with E-state index in [-0.39, 0.29) is 6.04 Å². The van der Waals surface area contributed by atoms with Crippen molar-refractivity contribution in [3.8, 4) is 0 Å². The molecule has 16 heavy (non-hydrogen) atoms. The minimum atomic E-state index is 0.0923. The van der Waals surface area contributed by atoms with Gasteiger partial charge in [-0.3, -0.25) is 0 Å². The van der Waals surface area contributed by atoms with Gasteiger partial charge in [-0.25, -0.2) is 0 Å². The highest BCUT2D eigenvalue weighted by Gasteiger charge is 2.12. The molecule has 1 heterocycles. The van der Waals surface area contributed by atoms with Crippen molar-refractivity contribution in [3.63, 3.8) is 0 Å². The number of benzene rings is 1. The number of fused-ring (bicyclic) bond motifs is 1. The Morgan fingerprint density at radius 3 is 2.81 bits per heavy atom. The highest BCUT2D eigenvalue weighted by molar-refractivity contribution is 5.84. The standard InChI is InChI=1S/C13H19N3/c1-16-9-11(12(15)6-4-8-14)10-5-2-3-7-13(10)16/h2-3,5,7,9,12H,4,6,8,14-15H2,1H3/t12-/m1/s1. The van der Waals surface area contributed by atoms with Gasteiger partial charge < -0.3 is 16.0 Å². The highest BCUT2D eigenvalue weighted by atomic mass is 14.9. The van der Waals surface area contributed by atoms with Gasteiger partial charge in [-0.15, -0.1) is 0 Å². The van der Waals surface area contributed by atoms with Crippen LogP contribution in [0, 0.1) is 0 Å². The van der Waals surface area contributed by atoms with Gasteiger partial charge in [0.1, 0.15) is 0 Å². The Morgan fingerprint density at radius 2 is 2.06 bits per heavy atom. The summed E-state index contributed by atoms with van der Waals surface area (Å²) in [7, 11) is 2.06. The first-order valence-corrected chi connectivity index (χ1v) is 5.73. The Kier molecular flexibility index (Phi) is 3.27. The van der Waals surface area contributed by atoms with Crippen LogP contribution >= 0.6 is 0 Å². The van der Waals surface area contributed by atoms with Crippen LogP contribution in [0.2, 0.25) is 0 Å². The molecule has 0 aliphatic carbocycles. The number of rotatable bonds is 4. The molecular weight excluding hydrogens is 198 g/mol. The average Bonchev–Trinajstić information content (AvgIpc) is 2.65. The zero-order valence-electron chi connectivity index (χ0n) is 9.69. The van der Waals surface area contributed by atoms with Crippen LogP contribution in [0.25, 0.3) is 10.9 Å². The van der Waals surface area contributed by atoms with Crippen LogP contribution in [0.1, 0.15) is 24.4 Å². The van der Waals surface area contributed by atoms with E-state index in [1.165, 1.54) is 16.5 Å². The maximum atomic E-state index is 6.19. The van der Waals surface area contributed by atoms with Crippen molar-refractivity contribution in [1.82, 2.24) is 4.57 Å². The topological polar surface area (TPSA) is 57.0 Å². The van der Waals surface area contributed by atoms with Crippen molar-refractivity contribution in [2.24, 2.45) is 18.5 Å². The molecule has 0 bridgehead atoms. The monoisotopic (exact) mass is 217 g/mol. The molecule has 0 saturated carbocycles. The van der Waals surface area contributed by atoms with Gasteiger partial charge in [0, 0.05) is 30.2 Å². The molecule has 0 radical (unpaired) electrons. The van der Waals surface area contributed by atoms with Crippen LogP contribution in [-0.4, -0.2) is 11.1 Å². The van der Waals surface area contributed by atoms with E-state index >= 15 is 0 Å². The maximum Gasteiger partial charge on any atom is 0.0481 e. The van der Waals surface area contributed by atoms with Gasteiger partial charge in [0.25, 0.3) is 0 Å². The molecule has 1 aromatic heterocycles. The summed E-state index contributed by atoms with van der Waals surface area (Å²) < 4.78 is 2.13. The van der Waals surface area contributed by atoms with Crippen molar-refractivity contribution < 1.29 is 0 Å². The van der Waals surface area contributed by atoms with E-state index in [0.29, 0.717) is 6.54 Å². The van der Waals surface area contributed by atoms with Crippen LogP contribution in [0.3, 0.4) is 0 Å². The van der Waals surface area contributed by atoms with E-state index in [1.807, 2.05) is 0 Å². The van der Waals surface area contributed by atoms with Gasteiger partial charge >= 0.3 is 0 Å². The average molecular weight is 217 g/mol. The van der Waals surface area contributed by atoms with Crippen molar-refractivity contribution in [1.29, 1.82) is 0 Å². The van der Waals surface area contributed by atoms with E-state index < -0.39 is 0 Å². The first-order valence-electron chi connectivity index (χ1n) is 5.73. The molecular formula is C13H19N3. The van der Waals surface area contributed by atoms with E-state index in [0.717, 1.165) is 12.8 Å². The molecule has 0 spiro atoms. The smallest absolute Gasteiger partial charge is 0.0481 e. The number of aromatic nitrogens is 1. The number of hydrogen-bond acceptors (Lipinski definition) is 2. The Balaban J connectivity index is 2.37. The minimum Gasteiger partial charge on any atom is -0.350 e. The van der Waals surface area contributed by atoms with Gasteiger partial charge in [-0.1, -0.05) is 18.2 Å². The lowest BCUT2D eigenvalue weighted by Crippen LogP contribution is -2.12. The van der Waals surface area contributed by atoms with Gasteiger partial charge in [0.2, 0.25) is 0 Å². The van der Waals surface area contributed by atoms with Crippen LogP contribution in [-0.2, 0) is 7.05 Å².